The number of amides is 1. The summed E-state index contributed by atoms with van der Waals surface area (Å²) < 4.78 is 10.5. The molecule has 2 N–H and O–H groups in total. The van der Waals surface area contributed by atoms with Crippen LogP contribution in [-0.2, 0) is 25.7 Å². The van der Waals surface area contributed by atoms with Crippen LogP contribution in [0.4, 0.5) is 0 Å². The highest BCUT2D eigenvalue weighted by atomic mass is 16.8. The third-order valence-corrected chi connectivity index (χ3v) is 6.13. The lowest BCUT2D eigenvalue weighted by atomic mass is 9.98. The van der Waals surface area contributed by atoms with Crippen LogP contribution in [0.25, 0.3) is 11.1 Å². The quantitative estimate of drug-likeness (QED) is 0.275. The molecule has 7 heteroatoms. The summed E-state index contributed by atoms with van der Waals surface area (Å²) in [7, 11) is 1.52. The molecular formula is C27H38N2O5. The summed E-state index contributed by atoms with van der Waals surface area (Å²) in [6, 6.07) is 16.8. The molecule has 2 aromatic rings. The van der Waals surface area contributed by atoms with Gasteiger partial charge < -0.3 is 14.6 Å². The maximum Gasteiger partial charge on any atom is 0.243 e. The molecule has 1 amide bonds. The molecule has 0 aromatic heterocycles. The Kier molecular flexibility index (Phi) is 10.0. The summed E-state index contributed by atoms with van der Waals surface area (Å²) in [5, 5.41) is 10.5. The van der Waals surface area contributed by atoms with Gasteiger partial charge in [-0.15, -0.1) is 0 Å². The van der Waals surface area contributed by atoms with Crippen LogP contribution in [0.1, 0.15) is 56.8 Å². The summed E-state index contributed by atoms with van der Waals surface area (Å²) in [6.45, 7) is 7.99. The number of carbonyl (C=O) groups excluding carboxylic acids is 1. The van der Waals surface area contributed by atoms with Gasteiger partial charge in [0.1, 0.15) is 0 Å². The highest BCUT2D eigenvalue weighted by molar-refractivity contribution is 5.74. The van der Waals surface area contributed by atoms with E-state index in [1.54, 1.807) is 13.8 Å². The molecule has 3 rings (SSSR count). The Bertz CT molecular complexity index is 877. The van der Waals surface area contributed by atoms with E-state index >= 15 is 0 Å². The molecule has 1 fully saturated rings. The number of hydroxylamine groups is 1. The molecule has 186 valence electrons. The lowest BCUT2D eigenvalue weighted by molar-refractivity contribution is -0.231. The first kappa shape index (κ1) is 26.3. The van der Waals surface area contributed by atoms with E-state index < -0.39 is 11.9 Å². The van der Waals surface area contributed by atoms with E-state index in [2.05, 4.69) is 46.8 Å². The molecule has 34 heavy (non-hydrogen) atoms. The Hall–Kier alpha value is -2.29. The summed E-state index contributed by atoms with van der Waals surface area (Å²) >= 11 is 0. The molecule has 1 aliphatic heterocycles. The van der Waals surface area contributed by atoms with Crippen molar-refractivity contribution < 1.29 is 24.2 Å². The normalized spacial score (nSPS) is 15.8. The fourth-order valence-electron chi connectivity index (χ4n) is 3.78. The Labute approximate surface area is 203 Å². The molecule has 1 aliphatic rings. The van der Waals surface area contributed by atoms with Gasteiger partial charge in [0.2, 0.25) is 5.91 Å². The minimum atomic E-state index is -0.858. The maximum absolute atomic E-state index is 11.9. The molecule has 2 aromatic carbocycles. The van der Waals surface area contributed by atoms with Gasteiger partial charge in [-0.2, -0.15) is 0 Å². The van der Waals surface area contributed by atoms with Gasteiger partial charge in [0.15, 0.2) is 5.79 Å². The van der Waals surface area contributed by atoms with E-state index in [9.17, 15) is 9.90 Å². The standard InChI is InChI=1S/C27H38N2O5/c1-27(2,32-3)34-28-26(31)7-5-4-6-25(30)24-14-12-23(13-15-24)22-10-8-21(9-11-22)20-29-16-18-33-19-17-29/h8-15,25,30H,4-7,16-20H2,1-3H3,(H,28,31)/t25-/m1/s1. The van der Waals surface area contributed by atoms with Crippen molar-refractivity contribution in [1.29, 1.82) is 0 Å². The van der Waals surface area contributed by atoms with Gasteiger partial charge in [-0.05, 0) is 48.9 Å². The number of nitrogens with one attached hydrogen (secondary N) is 1. The topological polar surface area (TPSA) is 80.3 Å². The Morgan fingerprint density at radius 2 is 1.68 bits per heavy atom. The molecule has 0 bridgehead atoms. The van der Waals surface area contributed by atoms with E-state index in [-0.39, 0.29) is 5.91 Å². The monoisotopic (exact) mass is 470 g/mol. The van der Waals surface area contributed by atoms with Crippen molar-refractivity contribution in [2.45, 2.75) is 58.0 Å². The average Bonchev–Trinajstić information content (AvgIpc) is 2.86. The van der Waals surface area contributed by atoms with Crippen LogP contribution in [0.5, 0.6) is 0 Å². The summed E-state index contributed by atoms with van der Waals surface area (Å²) in [6.07, 6.45) is 1.82. The van der Waals surface area contributed by atoms with Gasteiger partial charge in [-0.3, -0.25) is 9.69 Å². The fourth-order valence-corrected chi connectivity index (χ4v) is 3.78. The van der Waals surface area contributed by atoms with Crippen LogP contribution in [0, 0.1) is 0 Å². The number of benzene rings is 2. The number of unbranched alkanes of at least 4 members (excludes halogenated alkanes) is 1. The molecule has 7 nitrogen and oxygen atoms in total. The van der Waals surface area contributed by atoms with Gasteiger partial charge in [0, 0.05) is 33.2 Å². The van der Waals surface area contributed by atoms with E-state index in [0.29, 0.717) is 19.3 Å². The first-order chi connectivity index (χ1) is 16.4. The number of aliphatic hydroxyl groups excluding tert-OH is 1. The summed E-state index contributed by atoms with van der Waals surface area (Å²) in [4.78, 5) is 19.5. The highest BCUT2D eigenvalue weighted by Gasteiger charge is 2.18. The molecule has 0 saturated carbocycles. The lowest BCUT2D eigenvalue weighted by Crippen LogP contribution is -2.37. The fraction of sp³-hybridized carbons (Fsp3) is 0.519. The lowest BCUT2D eigenvalue weighted by Gasteiger charge is -2.26. The van der Waals surface area contributed by atoms with Gasteiger partial charge in [-0.1, -0.05) is 55.0 Å². The van der Waals surface area contributed by atoms with Gasteiger partial charge in [-0.25, -0.2) is 10.3 Å². The number of hydrogen-bond acceptors (Lipinski definition) is 6. The Morgan fingerprint density at radius 1 is 1.06 bits per heavy atom. The Morgan fingerprint density at radius 3 is 2.29 bits per heavy atom. The molecular weight excluding hydrogens is 432 g/mol. The van der Waals surface area contributed by atoms with Crippen molar-refractivity contribution in [3.63, 3.8) is 0 Å². The molecule has 0 spiro atoms. The number of rotatable bonds is 12. The average molecular weight is 471 g/mol. The SMILES string of the molecule is COC(C)(C)ONC(=O)CCCC[C@@H](O)c1ccc(-c2ccc(CN3CCOCC3)cc2)cc1. The maximum atomic E-state index is 11.9. The minimum Gasteiger partial charge on any atom is -0.388 e. The highest BCUT2D eigenvalue weighted by Crippen LogP contribution is 2.25. The molecule has 1 saturated heterocycles. The predicted octanol–water partition coefficient (Wildman–Crippen LogP) is 4.21. The van der Waals surface area contributed by atoms with Crippen molar-refractivity contribution >= 4 is 5.91 Å². The summed E-state index contributed by atoms with van der Waals surface area (Å²) in [5.74, 6) is -1.05. The van der Waals surface area contributed by atoms with Crippen LogP contribution >= 0.6 is 0 Å². The zero-order valence-electron chi connectivity index (χ0n) is 20.6. The van der Waals surface area contributed by atoms with Crippen molar-refractivity contribution in [1.82, 2.24) is 10.4 Å². The van der Waals surface area contributed by atoms with Crippen molar-refractivity contribution in [3.05, 3.63) is 59.7 Å². The molecule has 1 atom stereocenters. The number of morpholine rings is 1. The van der Waals surface area contributed by atoms with Crippen LogP contribution in [0.15, 0.2) is 48.5 Å². The molecule has 0 radical (unpaired) electrons. The van der Waals surface area contributed by atoms with E-state index in [1.807, 2.05) is 12.1 Å². The number of aliphatic hydroxyl groups is 1. The van der Waals surface area contributed by atoms with Crippen molar-refractivity contribution in [3.8, 4) is 11.1 Å². The summed E-state index contributed by atoms with van der Waals surface area (Å²) in [5.41, 5.74) is 6.90. The Balaban J connectivity index is 1.40. The number of nitrogens with zero attached hydrogens (tertiary/aromatic N) is 1. The second-order valence-electron chi connectivity index (χ2n) is 9.20. The second-order valence-corrected chi connectivity index (χ2v) is 9.20. The molecule has 1 heterocycles. The number of ether oxygens (including phenoxy) is 2. The largest absolute Gasteiger partial charge is 0.388 e. The smallest absolute Gasteiger partial charge is 0.243 e. The second kappa shape index (κ2) is 13.0. The first-order valence-corrected chi connectivity index (χ1v) is 12.1. The van der Waals surface area contributed by atoms with Gasteiger partial charge >= 0.3 is 0 Å². The first-order valence-electron chi connectivity index (χ1n) is 12.1. The van der Waals surface area contributed by atoms with Gasteiger partial charge in [0.05, 0.1) is 19.3 Å². The van der Waals surface area contributed by atoms with E-state index in [4.69, 9.17) is 14.3 Å². The zero-order valence-corrected chi connectivity index (χ0v) is 20.6. The number of carbonyl (C=O) groups is 1. The van der Waals surface area contributed by atoms with E-state index in [1.165, 1.54) is 12.7 Å². The third kappa shape index (κ3) is 8.49. The van der Waals surface area contributed by atoms with Crippen molar-refractivity contribution in [2.75, 3.05) is 33.4 Å². The third-order valence-electron chi connectivity index (χ3n) is 6.13. The molecule has 0 unspecified atom stereocenters. The van der Waals surface area contributed by atoms with E-state index in [0.717, 1.165) is 56.0 Å². The number of hydrogen-bond donors (Lipinski definition) is 2. The van der Waals surface area contributed by atoms with Crippen LogP contribution < -0.4 is 5.48 Å². The van der Waals surface area contributed by atoms with Crippen molar-refractivity contribution in [2.24, 2.45) is 0 Å². The van der Waals surface area contributed by atoms with Crippen LogP contribution in [0.3, 0.4) is 0 Å². The van der Waals surface area contributed by atoms with Gasteiger partial charge in [0.25, 0.3) is 0 Å². The van der Waals surface area contributed by atoms with Crippen LogP contribution in [0.2, 0.25) is 0 Å². The number of methoxy groups -OCH3 is 1. The minimum absolute atomic E-state index is 0.195. The zero-order chi connectivity index (χ0) is 24.4. The predicted molar refractivity (Wildman–Crippen MR) is 132 cm³/mol. The van der Waals surface area contributed by atoms with Crippen LogP contribution in [-0.4, -0.2) is 55.1 Å². The molecule has 0 aliphatic carbocycles.